The van der Waals surface area contributed by atoms with E-state index in [0.29, 0.717) is 12.2 Å². The van der Waals surface area contributed by atoms with Crippen molar-refractivity contribution >= 4 is 35.2 Å². The summed E-state index contributed by atoms with van der Waals surface area (Å²) in [7, 11) is 0. The first-order chi connectivity index (χ1) is 12.6. The number of hydrogen-bond donors (Lipinski definition) is 3. The summed E-state index contributed by atoms with van der Waals surface area (Å²) in [4.78, 5) is 23.7. The van der Waals surface area contributed by atoms with E-state index in [9.17, 15) is 9.59 Å². The number of hydrogen-bond acceptors (Lipinski definition) is 4. The summed E-state index contributed by atoms with van der Waals surface area (Å²) in [5.41, 5.74) is 6.22. The highest BCUT2D eigenvalue weighted by molar-refractivity contribution is 7.80. The molecule has 0 spiro atoms. The lowest BCUT2D eigenvalue weighted by molar-refractivity contribution is -0.115. The number of carbonyl (C=O) groups is 2. The summed E-state index contributed by atoms with van der Waals surface area (Å²) >= 11 is 4.97. The minimum absolute atomic E-state index is 0.00405. The van der Waals surface area contributed by atoms with Crippen molar-refractivity contribution in [2.24, 2.45) is 0 Å². The highest BCUT2D eigenvalue weighted by Crippen LogP contribution is 2.12. The summed E-state index contributed by atoms with van der Waals surface area (Å²) in [6.45, 7) is 2.51. The molecule has 0 radical (unpaired) electrons. The van der Waals surface area contributed by atoms with E-state index in [4.69, 9.17) is 17.0 Å². The molecule has 0 aromatic heterocycles. The van der Waals surface area contributed by atoms with Crippen LogP contribution in [0.25, 0.3) is 6.08 Å². The van der Waals surface area contributed by atoms with Crippen LogP contribution in [0.4, 0.5) is 0 Å². The molecule has 0 atom stereocenters. The number of hydrazine groups is 1. The van der Waals surface area contributed by atoms with E-state index in [2.05, 4.69) is 16.2 Å². The highest BCUT2D eigenvalue weighted by atomic mass is 32.1. The van der Waals surface area contributed by atoms with Gasteiger partial charge in [-0.3, -0.25) is 25.8 Å². The van der Waals surface area contributed by atoms with E-state index in [1.807, 2.05) is 37.3 Å². The average Bonchev–Trinajstić information content (AvgIpc) is 2.66. The molecule has 2 aromatic carbocycles. The fraction of sp³-hybridized carbons (Fsp3) is 0.105. The predicted octanol–water partition coefficient (Wildman–Crippen LogP) is 2.43. The van der Waals surface area contributed by atoms with E-state index in [-0.39, 0.29) is 11.0 Å². The molecular weight excluding hydrogens is 350 g/mol. The van der Waals surface area contributed by atoms with E-state index >= 15 is 0 Å². The normalized spacial score (nSPS) is 10.2. The molecule has 7 heteroatoms. The molecule has 2 aromatic rings. The number of nitrogens with one attached hydrogen (secondary N) is 3. The summed E-state index contributed by atoms with van der Waals surface area (Å²) in [6.07, 6.45) is 3.00. The van der Waals surface area contributed by atoms with Gasteiger partial charge in [-0.25, -0.2) is 0 Å². The van der Waals surface area contributed by atoms with Crippen LogP contribution >= 0.6 is 12.2 Å². The van der Waals surface area contributed by atoms with Crippen molar-refractivity contribution < 1.29 is 14.3 Å². The van der Waals surface area contributed by atoms with Crippen molar-refractivity contribution in [2.45, 2.75) is 6.92 Å². The second-order valence-corrected chi connectivity index (χ2v) is 5.51. The molecule has 0 saturated heterocycles. The quantitative estimate of drug-likeness (QED) is 0.429. The van der Waals surface area contributed by atoms with Crippen LogP contribution in [0.2, 0.25) is 0 Å². The summed E-state index contributed by atoms with van der Waals surface area (Å²) in [6, 6.07) is 16.0. The molecule has 26 heavy (non-hydrogen) atoms. The third kappa shape index (κ3) is 6.37. The zero-order valence-electron chi connectivity index (χ0n) is 14.2. The zero-order valence-corrected chi connectivity index (χ0v) is 15.0. The molecule has 0 fully saturated rings. The van der Waals surface area contributed by atoms with Gasteiger partial charge in [0.05, 0.1) is 6.61 Å². The molecular formula is C19H19N3O3S. The molecule has 2 amide bonds. The predicted molar refractivity (Wildman–Crippen MR) is 104 cm³/mol. The third-order valence-corrected chi connectivity index (χ3v) is 3.38. The standard InChI is InChI=1S/C19H19N3O3S/c1-2-25-16-11-8-14(9-12-16)10-13-17(23)20-19(26)22-21-18(24)15-6-4-3-5-7-15/h3-13H,2H2,1H3,(H,21,24)(H2,20,22,23,26)/b13-10+. The molecule has 0 heterocycles. The van der Waals surface area contributed by atoms with Crippen molar-refractivity contribution in [2.75, 3.05) is 6.61 Å². The molecule has 0 aliphatic heterocycles. The lowest BCUT2D eigenvalue weighted by Gasteiger charge is -2.09. The van der Waals surface area contributed by atoms with E-state index in [1.54, 1.807) is 30.3 Å². The van der Waals surface area contributed by atoms with E-state index < -0.39 is 5.91 Å². The Morgan fingerprint density at radius 1 is 1.04 bits per heavy atom. The van der Waals surface area contributed by atoms with Crippen LogP contribution in [0.15, 0.2) is 60.7 Å². The zero-order chi connectivity index (χ0) is 18.8. The first-order valence-electron chi connectivity index (χ1n) is 7.96. The van der Waals surface area contributed by atoms with Gasteiger partial charge in [-0.1, -0.05) is 30.3 Å². The van der Waals surface area contributed by atoms with Crippen molar-refractivity contribution in [3.8, 4) is 5.75 Å². The topological polar surface area (TPSA) is 79.5 Å². The Hall–Kier alpha value is -3.19. The number of benzene rings is 2. The lowest BCUT2D eigenvalue weighted by atomic mass is 10.2. The number of rotatable bonds is 5. The average molecular weight is 369 g/mol. The Labute approximate surface area is 157 Å². The van der Waals surface area contributed by atoms with Gasteiger partial charge in [0.2, 0.25) is 5.91 Å². The van der Waals surface area contributed by atoms with Crippen molar-refractivity contribution in [1.29, 1.82) is 0 Å². The molecule has 0 unspecified atom stereocenters. The van der Waals surface area contributed by atoms with Gasteiger partial charge in [0, 0.05) is 11.6 Å². The highest BCUT2D eigenvalue weighted by Gasteiger charge is 2.05. The minimum Gasteiger partial charge on any atom is -0.494 e. The minimum atomic E-state index is -0.412. The molecule has 0 saturated carbocycles. The second kappa shape index (κ2) is 9.95. The number of carbonyl (C=O) groups excluding carboxylic acids is 2. The van der Waals surface area contributed by atoms with Crippen LogP contribution in [-0.4, -0.2) is 23.5 Å². The fourth-order valence-corrected chi connectivity index (χ4v) is 2.13. The van der Waals surface area contributed by atoms with Gasteiger partial charge in [-0.15, -0.1) is 0 Å². The van der Waals surface area contributed by atoms with Crippen LogP contribution in [-0.2, 0) is 4.79 Å². The van der Waals surface area contributed by atoms with Crippen LogP contribution in [0.3, 0.4) is 0 Å². The molecule has 2 rings (SSSR count). The number of amides is 2. The third-order valence-electron chi connectivity index (χ3n) is 3.18. The lowest BCUT2D eigenvalue weighted by Crippen LogP contribution is -2.48. The van der Waals surface area contributed by atoms with Gasteiger partial charge in [-0.05, 0) is 55.0 Å². The van der Waals surface area contributed by atoms with Gasteiger partial charge >= 0.3 is 0 Å². The summed E-state index contributed by atoms with van der Waals surface area (Å²) in [5, 5.41) is 2.44. The maximum atomic E-state index is 11.8. The Bertz CT molecular complexity index is 789. The van der Waals surface area contributed by atoms with E-state index in [1.165, 1.54) is 6.08 Å². The Balaban J connectivity index is 1.77. The van der Waals surface area contributed by atoms with Crippen molar-refractivity contribution in [3.63, 3.8) is 0 Å². The first kappa shape index (κ1) is 19.1. The number of thiocarbonyl (C=S) groups is 1. The Morgan fingerprint density at radius 2 is 1.73 bits per heavy atom. The van der Waals surface area contributed by atoms with Gasteiger partial charge in [0.1, 0.15) is 5.75 Å². The van der Waals surface area contributed by atoms with Gasteiger partial charge in [0.25, 0.3) is 5.91 Å². The molecule has 0 aliphatic carbocycles. The molecule has 3 N–H and O–H groups in total. The van der Waals surface area contributed by atoms with Gasteiger partial charge in [-0.2, -0.15) is 0 Å². The number of ether oxygens (including phenoxy) is 1. The smallest absolute Gasteiger partial charge is 0.269 e. The molecule has 6 nitrogen and oxygen atoms in total. The van der Waals surface area contributed by atoms with E-state index in [0.717, 1.165) is 11.3 Å². The van der Waals surface area contributed by atoms with Crippen molar-refractivity contribution in [3.05, 3.63) is 71.8 Å². The molecule has 0 bridgehead atoms. The Morgan fingerprint density at radius 3 is 2.38 bits per heavy atom. The maximum Gasteiger partial charge on any atom is 0.269 e. The van der Waals surface area contributed by atoms with Gasteiger partial charge in [0.15, 0.2) is 5.11 Å². The van der Waals surface area contributed by atoms with Crippen molar-refractivity contribution in [1.82, 2.24) is 16.2 Å². The second-order valence-electron chi connectivity index (χ2n) is 5.10. The SMILES string of the molecule is CCOc1ccc(/C=C/C(=O)NC(=S)NNC(=O)c2ccccc2)cc1. The maximum absolute atomic E-state index is 11.8. The summed E-state index contributed by atoms with van der Waals surface area (Å²) < 4.78 is 5.35. The largest absolute Gasteiger partial charge is 0.494 e. The van der Waals surface area contributed by atoms with Crippen LogP contribution in [0.1, 0.15) is 22.8 Å². The monoisotopic (exact) mass is 369 g/mol. The van der Waals surface area contributed by atoms with Crippen LogP contribution in [0.5, 0.6) is 5.75 Å². The Kier molecular flexibility index (Phi) is 7.32. The van der Waals surface area contributed by atoms with Crippen LogP contribution in [0, 0.1) is 0 Å². The first-order valence-corrected chi connectivity index (χ1v) is 8.36. The molecule has 0 aliphatic rings. The molecule has 134 valence electrons. The van der Waals surface area contributed by atoms with Crippen LogP contribution < -0.4 is 20.9 Å². The van der Waals surface area contributed by atoms with Gasteiger partial charge < -0.3 is 4.74 Å². The summed E-state index contributed by atoms with van der Waals surface area (Å²) in [5.74, 6) is 0.00566. The fourth-order valence-electron chi connectivity index (χ4n) is 1.97.